The van der Waals surface area contributed by atoms with E-state index in [1.54, 1.807) is 24.3 Å². The van der Waals surface area contributed by atoms with Crippen molar-refractivity contribution in [1.29, 1.82) is 0 Å². The van der Waals surface area contributed by atoms with Crippen molar-refractivity contribution in [2.45, 2.75) is 19.8 Å². The molecule has 0 heterocycles. The van der Waals surface area contributed by atoms with E-state index in [1.165, 1.54) is 0 Å². The Morgan fingerprint density at radius 3 is 2.72 bits per heavy atom. The molecule has 0 saturated carbocycles. The molecule has 0 fully saturated rings. The summed E-state index contributed by atoms with van der Waals surface area (Å²) >= 11 is 5.79. The summed E-state index contributed by atoms with van der Waals surface area (Å²) in [6, 6.07) is 6.68. The molecule has 4 nitrogen and oxygen atoms in total. The zero-order valence-electron chi connectivity index (χ0n) is 10.4. The van der Waals surface area contributed by atoms with E-state index in [-0.39, 0.29) is 5.75 Å². The molecule has 0 aliphatic carbocycles. The number of sulfonamides is 1. The Bertz CT molecular complexity index is 463. The van der Waals surface area contributed by atoms with Crippen molar-refractivity contribution in [1.82, 2.24) is 5.32 Å². The van der Waals surface area contributed by atoms with Crippen LogP contribution in [0.3, 0.4) is 0 Å². The summed E-state index contributed by atoms with van der Waals surface area (Å²) in [5, 5.41) is 3.68. The van der Waals surface area contributed by atoms with Crippen LogP contribution in [0.15, 0.2) is 24.3 Å². The molecule has 0 spiro atoms. The normalized spacial score (nSPS) is 11.4. The Morgan fingerprint density at radius 2 is 2.06 bits per heavy atom. The van der Waals surface area contributed by atoms with Crippen molar-refractivity contribution in [2.75, 3.05) is 23.6 Å². The minimum atomic E-state index is -3.29. The molecule has 0 bridgehead atoms. The first kappa shape index (κ1) is 15.3. The van der Waals surface area contributed by atoms with Gasteiger partial charge in [0.1, 0.15) is 0 Å². The molecule has 0 aromatic heterocycles. The Hall–Kier alpha value is -0.780. The molecule has 1 aromatic carbocycles. The van der Waals surface area contributed by atoms with E-state index in [9.17, 15) is 8.42 Å². The highest BCUT2D eigenvalue weighted by molar-refractivity contribution is 7.92. The zero-order valence-corrected chi connectivity index (χ0v) is 12.0. The van der Waals surface area contributed by atoms with Crippen LogP contribution in [-0.2, 0) is 10.0 Å². The van der Waals surface area contributed by atoms with E-state index in [0.29, 0.717) is 23.7 Å². The third kappa shape index (κ3) is 6.23. The summed E-state index contributed by atoms with van der Waals surface area (Å²) in [6.07, 6.45) is 1.64. The van der Waals surface area contributed by atoms with Gasteiger partial charge in [-0.15, -0.1) is 0 Å². The monoisotopic (exact) mass is 290 g/mol. The van der Waals surface area contributed by atoms with Gasteiger partial charge in [-0.1, -0.05) is 24.6 Å². The summed E-state index contributed by atoms with van der Waals surface area (Å²) in [5.74, 6) is 0.107. The Labute approximate surface area is 114 Å². The maximum absolute atomic E-state index is 11.8. The second-order valence-corrected chi connectivity index (χ2v) is 6.31. The fourth-order valence-corrected chi connectivity index (χ4v) is 2.77. The highest BCUT2D eigenvalue weighted by Gasteiger charge is 2.09. The molecule has 1 rings (SSSR count). The molecular formula is C12H19ClN2O2S. The molecule has 102 valence electrons. The first-order valence-corrected chi connectivity index (χ1v) is 8.03. The summed E-state index contributed by atoms with van der Waals surface area (Å²) in [4.78, 5) is 0. The van der Waals surface area contributed by atoms with Gasteiger partial charge in [0.25, 0.3) is 0 Å². The van der Waals surface area contributed by atoms with E-state index in [4.69, 9.17) is 11.6 Å². The summed E-state index contributed by atoms with van der Waals surface area (Å²) < 4.78 is 26.0. The van der Waals surface area contributed by atoms with Gasteiger partial charge in [0, 0.05) is 10.7 Å². The van der Waals surface area contributed by atoms with Gasteiger partial charge in [-0.2, -0.15) is 0 Å². The van der Waals surface area contributed by atoms with Gasteiger partial charge in [0.2, 0.25) is 10.0 Å². The lowest BCUT2D eigenvalue weighted by molar-refractivity contribution is 0.593. The molecule has 0 saturated heterocycles. The van der Waals surface area contributed by atoms with Gasteiger partial charge in [-0.25, -0.2) is 8.42 Å². The highest BCUT2D eigenvalue weighted by Crippen LogP contribution is 2.16. The van der Waals surface area contributed by atoms with E-state index in [0.717, 1.165) is 13.0 Å². The minimum absolute atomic E-state index is 0.107. The van der Waals surface area contributed by atoms with Crippen molar-refractivity contribution >= 4 is 27.3 Å². The van der Waals surface area contributed by atoms with Crippen LogP contribution in [0.4, 0.5) is 5.69 Å². The highest BCUT2D eigenvalue weighted by atomic mass is 35.5. The van der Waals surface area contributed by atoms with Gasteiger partial charge in [-0.05, 0) is 44.1 Å². The topological polar surface area (TPSA) is 58.2 Å². The smallest absolute Gasteiger partial charge is 0.232 e. The minimum Gasteiger partial charge on any atom is -0.317 e. The number of hydrogen-bond donors (Lipinski definition) is 2. The Kier molecular flexibility index (Phi) is 6.46. The van der Waals surface area contributed by atoms with Crippen LogP contribution in [0.1, 0.15) is 19.8 Å². The van der Waals surface area contributed by atoms with Gasteiger partial charge in [0.05, 0.1) is 5.75 Å². The molecule has 0 radical (unpaired) electrons. The van der Waals surface area contributed by atoms with Gasteiger partial charge < -0.3 is 5.32 Å². The van der Waals surface area contributed by atoms with Crippen LogP contribution < -0.4 is 10.0 Å². The number of rotatable bonds is 8. The second-order valence-electron chi connectivity index (χ2n) is 4.03. The van der Waals surface area contributed by atoms with Crippen LogP contribution in [0, 0.1) is 0 Å². The number of hydrogen-bond acceptors (Lipinski definition) is 3. The lowest BCUT2D eigenvalue weighted by Gasteiger charge is -2.08. The maximum Gasteiger partial charge on any atom is 0.232 e. The predicted molar refractivity (Wildman–Crippen MR) is 76.6 cm³/mol. The van der Waals surface area contributed by atoms with Gasteiger partial charge in [-0.3, -0.25) is 4.72 Å². The number of halogens is 1. The number of benzene rings is 1. The quantitative estimate of drug-likeness (QED) is 0.723. The van der Waals surface area contributed by atoms with Crippen LogP contribution in [0.2, 0.25) is 5.02 Å². The van der Waals surface area contributed by atoms with E-state index >= 15 is 0 Å². The lowest BCUT2D eigenvalue weighted by atomic mass is 10.3. The van der Waals surface area contributed by atoms with Crippen LogP contribution in [-0.4, -0.2) is 27.3 Å². The molecular weight excluding hydrogens is 272 g/mol. The number of anilines is 1. The molecule has 0 aliphatic rings. The third-order valence-electron chi connectivity index (χ3n) is 2.29. The molecule has 2 N–H and O–H groups in total. The fraction of sp³-hybridized carbons (Fsp3) is 0.500. The van der Waals surface area contributed by atoms with Crippen LogP contribution in [0.25, 0.3) is 0 Å². The standard InChI is InChI=1S/C12H19ClN2O2S/c1-2-7-14-8-4-9-18(16,17)15-12-6-3-5-11(13)10-12/h3,5-6,10,14-15H,2,4,7-9H2,1H3. The lowest BCUT2D eigenvalue weighted by Crippen LogP contribution is -2.22. The second kappa shape index (κ2) is 7.61. The van der Waals surface area contributed by atoms with Gasteiger partial charge >= 0.3 is 0 Å². The van der Waals surface area contributed by atoms with E-state index in [2.05, 4.69) is 17.0 Å². The number of nitrogens with one attached hydrogen (secondary N) is 2. The maximum atomic E-state index is 11.8. The van der Waals surface area contributed by atoms with E-state index in [1.807, 2.05) is 0 Å². The molecule has 0 aliphatic heterocycles. The molecule has 0 unspecified atom stereocenters. The fourth-order valence-electron chi connectivity index (χ4n) is 1.47. The largest absolute Gasteiger partial charge is 0.317 e. The molecule has 6 heteroatoms. The van der Waals surface area contributed by atoms with Crippen molar-refractivity contribution < 1.29 is 8.42 Å². The SMILES string of the molecule is CCCNCCCS(=O)(=O)Nc1cccc(Cl)c1. The average molecular weight is 291 g/mol. The summed E-state index contributed by atoms with van der Waals surface area (Å²) in [5.41, 5.74) is 0.504. The Morgan fingerprint density at radius 1 is 1.28 bits per heavy atom. The predicted octanol–water partition coefficient (Wildman–Crippen LogP) is 2.47. The van der Waals surface area contributed by atoms with E-state index < -0.39 is 10.0 Å². The van der Waals surface area contributed by atoms with Crippen LogP contribution >= 0.6 is 11.6 Å². The summed E-state index contributed by atoms with van der Waals surface area (Å²) in [7, 11) is -3.29. The van der Waals surface area contributed by atoms with Crippen LogP contribution in [0.5, 0.6) is 0 Å². The van der Waals surface area contributed by atoms with Crippen molar-refractivity contribution in [2.24, 2.45) is 0 Å². The Balaban J connectivity index is 2.40. The zero-order chi connectivity index (χ0) is 13.4. The van der Waals surface area contributed by atoms with Gasteiger partial charge in [0.15, 0.2) is 0 Å². The third-order valence-corrected chi connectivity index (χ3v) is 3.90. The average Bonchev–Trinajstić information content (AvgIpc) is 2.28. The van der Waals surface area contributed by atoms with Crippen molar-refractivity contribution in [3.8, 4) is 0 Å². The molecule has 0 atom stereocenters. The molecule has 0 amide bonds. The first-order chi connectivity index (χ1) is 8.53. The first-order valence-electron chi connectivity index (χ1n) is 6.00. The molecule has 1 aromatic rings. The van der Waals surface area contributed by atoms with Crippen molar-refractivity contribution in [3.63, 3.8) is 0 Å². The summed E-state index contributed by atoms with van der Waals surface area (Å²) in [6.45, 7) is 3.70. The molecule has 18 heavy (non-hydrogen) atoms. The van der Waals surface area contributed by atoms with Crippen molar-refractivity contribution in [3.05, 3.63) is 29.3 Å².